The molecule has 0 unspecified atom stereocenters. The fourth-order valence-electron chi connectivity index (χ4n) is 3.19. The quantitative estimate of drug-likeness (QED) is 0.581. The molecular weight excluding hydrogens is 428 g/mol. The van der Waals surface area contributed by atoms with Crippen molar-refractivity contribution in [2.45, 2.75) is 0 Å². The van der Waals surface area contributed by atoms with Crippen LogP contribution in [0, 0.1) is 5.41 Å². The van der Waals surface area contributed by atoms with E-state index in [-0.39, 0.29) is 17.0 Å². The Hall–Kier alpha value is -4.24. The molecule has 5 rings (SSSR count). The van der Waals surface area contributed by atoms with E-state index in [2.05, 4.69) is 10.1 Å². The Bertz CT molecular complexity index is 1350. The smallest absolute Gasteiger partial charge is 0.335 e. The second-order valence-corrected chi connectivity index (χ2v) is 7.83. The Balaban J connectivity index is 1.42. The van der Waals surface area contributed by atoms with Crippen LogP contribution < -0.4 is 0 Å². The lowest BCUT2D eigenvalue weighted by atomic mass is 10.1. The predicted octanol–water partition coefficient (Wildman–Crippen LogP) is 4.31. The van der Waals surface area contributed by atoms with E-state index in [1.54, 1.807) is 24.3 Å². The third kappa shape index (κ3) is 3.54. The third-order valence-electron chi connectivity index (χ3n) is 4.80. The second kappa shape index (κ2) is 7.78. The van der Waals surface area contributed by atoms with Crippen LogP contribution in [0.5, 0.6) is 0 Å². The molecule has 2 aliphatic heterocycles. The normalized spacial score (nSPS) is 16.8. The minimum atomic E-state index is -1.01. The second-order valence-electron chi connectivity index (χ2n) is 6.88. The minimum Gasteiger partial charge on any atom is -0.478 e. The number of hydrogen-bond donors (Lipinski definition) is 2. The summed E-state index contributed by atoms with van der Waals surface area (Å²) in [5.41, 5.74) is 1.81. The molecule has 32 heavy (non-hydrogen) atoms. The number of furan rings is 1. The molecule has 8 nitrogen and oxygen atoms in total. The number of thioether (sulfide) groups is 1. The Labute approximate surface area is 186 Å². The molecule has 156 valence electrons. The summed E-state index contributed by atoms with van der Waals surface area (Å²) < 4.78 is 5.79. The summed E-state index contributed by atoms with van der Waals surface area (Å²) in [6.45, 7) is 0. The Morgan fingerprint density at radius 3 is 2.50 bits per heavy atom. The number of hydrogen-bond acceptors (Lipinski definition) is 6. The molecule has 0 spiro atoms. The summed E-state index contributed by atoms with van der Waals surface area (Å²) in [6.07, 6.45) is 1.46. The number of nitrogens with zero attached hydrogens (tertiary/aromatic N) is 3. The van der Waals surface area contributed by atoms with Crippen molar-refractivity contribution in [2.75, 3.05) is 0 Å². The van der Waals surface area contributed by atoms with Gasteiger partial charge >= 0.3 is 5.97 Å². The Morgan fingerprint density at radius 1 is 1.03 bits per heavy atom. The number of hydrazone groups is 1. The van der Waals surface area contributed by atoms with Gasteiger partial charge in [0.15, 0.2) is 5.84 Å². The molecule has 9 heteroatoms. The number of amidine groups is 2. The molecule has 1 aromatic heterocycles. The lowest BCUT2D eigenvalue weighted by Crippen LogP contribution is -2.35. The fourth-order valence-corrected chi connectivity index (χ4v) is 4.09. The Morgan fingerprint density at radius 2 is 1.78 bits per heavy atom. The van der Waals surface area contributed by atoms with Gasteiger partial charge in [-0.1, -0.05) is 42.5 Å². The largest absolute Gasteiger partial charge is 0.478 e. The average molecular weight is 442 g/mol. The van der Waals surface area contributed by atoms with Gasteiger partial charge in [-0.2, -0.15) is 15.1 Å². The zero-order chi connectivity index (χ0) is 22.2. The molecule has 0 saturated carbocycles. The monoisotopic (exact) mass is 442 g/mol. The van der Waals surface area contributed by atoms with E-state index < -0.39 is 11.9 Å². The van der Waals surface area contributed by atoms with Crippen LogP contribution >= 0.6 is 11.8 Å². The van der Waals surface area contributed by atoms with Crippen molar-refractivity contribution in [3.63, 3.8) is 0 Å². The molecule has 3 aromatic rings. The standard InChI is InChI=1S/C23H14N4O4S/c24-19-17(12-16-10-11-18(31-16)13-6-8-15(9-7-13)22(29)30)20(28)25-23-27(19)26-21(32-23)14-4-2-1-3-5-14/h1-12,24H,(H,29,30). The van der Waals surface area contributed by atoms with Gasteiger partial charge in [-0.3, -0.25) is 10.2 Å². The highest BCUT2D eigenvalue weighted by atomic mass is 32.2. The fraction of sp³-hybridized carbons (Fsp3) is 0. The third-order valence-corrected chi connectivity index (χ3v) is 5.76. The highest BCUT2D eigenvalue weighted by Crippen LogP contribution is 2.31. The van der Waals surface area contributed by atoms with Gasteiger partial charge in [0.1, 0.15) is 16.6 Å². The first-order chi connectivity index (χ1) is 15.5. The molecule has 1 amide bonds. The summed E-state index contributed by atoms with van der Waals surface area (Å²) in [5, 5.41) is 24.3. The maximum atomic E-state index is 12.6. The molecule has 2 N–H and O–H groups in total. The molecule has 0 atom stereocenters. The summed E-state index contributed by atoms with van der Waals surface area (Å²) in [6, 6.07) is 19.1. The molecule has 0 saturated heterocycles. The molecule has 2 aromatic carbocycles. The van der Waals surface area contributed by atoms with Crippen LogP contribution in [0.4, 0.5) is 0 Å². The Kier molecular flexibility index (Phi) is 4.79. The summed E-state index contributed by atoms with van der Waals surface area (Å²) in [4.78, 5) is 27.7. The zero-order valence-corrected chi connectivity index (χ0v) is 17.2. The van der Waals surface area contributed by atoms with Crippen LogP contribution in [-0.2, 0) is 4.79 Å². The summed E-state index contributed by atoms with van der Waals surface area (Å²) in [5.74, 6) is -0.750. The van der Waals surface area contributed by atoms with E-state index in [9.17, 15) is 9.59 Å². The van der Waals surface area contributed by atoms with Gasteiger partial charge in [0.05, 0.1) is 11.1 Å². The first kappa shape index (κ1) is 19.7. The van der Waals surface area contributed by atoms with E-state index in [0.29, 0.717) is 27.3 Å². The number of aromatic carboxylic acids is 1. The van der Waals surface area contributed by atoms with Crippen LogP contribution in [0.15, 0.2) is 86.8 Å². The van der Waals surface area contributed by atoms with E-state index in [1.807, 2.05) is 30.3 Å². The number of carbonyl (C=O) groups excluding carboxylic acids is 1. The summed E-state index contributed by atoms with van der Waals surface area (Å²) >= 11 is 1.24. The van der Waals surface area contributed by atoms with Crippen molar-refractivity contribution >= 4 is 45.8 Å². The van der Waals surface area contributed by atoms with Crippen molar-refractivity contribution < 1.29 is 19.1 Å². The first-order valence-corrected chi connectivity index (χ1v) is 10.3. The van der Waals surface area contributed by atoms with Crippen molar-refractivity contribution in [3.8, 4) is 11.3 Å². The van der Waals surface area contributed by atoms with E-state index in [4.69, 9.17) is 14.9 Å². The first-order valence-electron chi connectivity index (χ1n) is 9.49. The molecule has 3 heterocycles. The van der Waals surface area contributed by atoms with Crippen LogP contribution in [0.3, 0.4) is 0 Å². The lowest BCUT2D eigenvalue weighted by molar-refractivity contribution is -0.114. The SMILES string of the molecule is N=C1C(=Cc2ccc(-c3ccc(C(=O)O)cc3)o2)C(=O)N=C2SC(c3ccccc3)=NN12. The van der Waals surface area contributed by atoms with Gasteiger partial charge < -0.3 is 9.52 Å². The molecule has 0 bridgehead atoms. The summed E-state index contributed by atoms with van der Waals surface area (Å²) in [7, 11) is 0. The van der Waals surface area contributed by atoms with Crippen LogP contribution in [0.25, 0.3) is 17.4 Å². The van der Waals surface area contributed by atoms with Gasteiger partial charge in [-0.15, -0.1) is 0 Å². The predicted molar refractivity (Wildman–Crippen MR) is 122 cm³/mol. The number of carboxylic acid groups (broad SMARTS) is 1. The molecule has 2 aliphatic rings. The number of aliphatic imine (C=N–C) groups is 1. The van der Waals surface area contributed by atoms with Crippen molar-refractivity contribution in [1.82, 2.24) is 5.01 Å². The van der Waals surface area contributed by atoms with Gasteiger partial charge in [0.2, 0.25) is 5.17 Å². The number of nitrogens with one attached hydrogen (secondary N) is 1. The highest BCUT2D eigenvalue weighted by Gasteiger charge is 2.36. The maximum absolute atomic E-state index is 12.6. The van der Waals surface area contributed by atoms with Crippen molar-refractivity contribution in [1.29, 1.82) is 5.41 Å². The van der Waals surface area contributed by atoms with Crippen LogP contribution in [-0.4, -0.2) is 38.0 Å². The number of rotatable bonds is 4. The molecule has 0 aliphatic carbocycles. The van der Waals surface area contributed by atoms with Gasteiger partial charge in [0.25, 0.3) is 5.91 Å². The molecule has 0 radical (unpaired) electrons. The maximum Gasteiger partial charge on any atom is 0.335 e. The lowest BCUT2D eigenvalue weighted by Gasteiger charge is -2.19. The average Bonchev–Trinajstić information content (AvgIpc) is 3.45. The number of carboxylic acids is 1. The number of amides is 1. The molecule has 0 fully saturated rings. The highest BCUT2D eigenvalue weighted by molar-refractivity contribution is 8.27. The number of fused-ring (bicyclic) bond motifs is 1. The number of carbonyl (C=O) groups is 2. The topological polar surface area (TPSA) is 119 Å². The van der Waals surface area contributed by atoms with Gasteiger partial charge in [-0.05, 0) is 42.1 Å². The van der Waals surface area contributed by atoms with E-state index in [1.165, 1.54) is 35.0 Å². The number of benzene rings is 2. The van der Waals surface area contributed by atoms with Crippen molar-refractivity contribution in [3.05, 3.63) is 89.2 Å². The van der Waals surface area contributed by atoms with E-state index in [0.717, 1.165) is 5.56 Å². The van der Waals surface area contributed by atoms with Gasteiger partial charge in [-0.25, -0.2) is 4.79 Å². The van der Waals surface area contributed by atoms with E-state index >= 15 is 0 Å². The van der Waals surface area contributed by atoms with Crippen LogP contribution in [0.2, 0.25) is 0 Å². The van der Waals surface area contributed by atoms with Crippen molar-refractivity contribution in [2.24, 2.45) is 10.1 Å². The molecular formula is C23H14N4O4S. The van der Waals surface area contributed by atoms with Gasteiger partial charge in [0, 0.05) is 11.1 Å². The zero-order valence-electron chi connectivity index (χ0n) is 16.4. The minimum absolute atomic E-state index is 0.0644. The van der Waals surface area contributed by atoms with Crippen LogP contribution in [0.1, 0.15) is 21.7 Å².